The molecule has 1 saturated carbocycles. The Hall–Kier alpha value is -1.49. The molecule has 80 valence electrons. The molecule has 0 radical (unpaired) electrons. The molecule has 1 aliphatic rings. The number of anilines is 1. The summed E-state index contributed by atoms with van der Waals surface area (Å²) in [6, 6.07) is 2.84. The van der Waals surface area contributed by atoms with Crippen LogP contribution in [0.4, 0.5) is 10.2 Å². The van der Waals surface area contributed by atoms with E-state index in [4.69, 9.17) is 5.73 Å². The summed E-state index contributed by atoms with van der Waals surface area (Å²) < 4.78 is 12.5. The number of aromatic nitrogens is 1. The van der Waals surface area contributed by atoms with Gasteiger partial charge in [-0.25, -0.2) is 9.37 Å². The molecule has 0 unspecified atom stereocenters. The van der Waals surface area contributed by atoms with Crippen LogP contribution in [-0.2, 0) is 4.79 Å². The van der Waals surface area contributed by atoms with E-state index in [9.17, 15) is 9.18 Å². The van der Waals surface area contributed by atoms with Crippen molar-refractivity contribution in [2.45, 2.75) is 18.9 Å². The summed E-state index contributed by atoms with van der Waals surface area (Å²) in [6.45, 7) is 0. The third kappa shape index (κ3) is 2.30. The molecule has 5 heteroatoms. The maximum absolute atomic E-state index is 12.5. The van der Waals surface area contributed by atoms with Gasteiger partial charge in [0.15, 0.2) is 0 Å². The first kappa shape index (κ1) is 10.0. The van der Waals surface area contributed by atoms with Crippen LogP contribution >= 0.6 is 0 Å². The molecule has 1 fully saturated rings. The van der Waals surface area contributed by atoms with Gasteiger partial charge in [0.1, 0.15) is 11.6 Å². The second kappa shape index (κ2) is 3.94. The number of nitrogens with one attached hydrogen (secondary N) is 1. The fourth-order valence-electron chi connectivity index (χ4n) is 1.55. The van der Waals surface area contributed by atoms with Crippen molar-refractivity contribution in [3.8, 4) is 0 Å². The van der Waals surface area contributed by atoms with Crippen LogP contribution < -0.4 is 11.1 Å². The zero-order chi connectivity index (χ0) is 10.8. The average molecular weight is 209 g/mol. The molecule has 0 bridgehead atoms. The Balaban J connectivity index is 1.91. The van der Waals surface area contributed by atoms with Gasteiger partial charge in [-0.3, -0.25) is 4.79 Å². The highest BCUT2D eigenvalue weighted by atomic mass is 19.1. The Kier molecular flexibility index (Phi) is 2.64. The van der Waals surface area contributed by atoms with E-state index in [2.05, 4.69) is 10.3 Å². The number of hydrogen-bond donors (Lipinski definition) is 2. The van der Waals surface area contributed by atoms with E-state index in [1.54, 1.807) is 0 Å². The lowest BCUT2D eigenvalue weighted by Gasteiger charge is -2.30. The summed E-state index contributed by atoms with van der Waals surface area (Å²) in [5.41, 5.74) is 5.57. The molecule has 0 aliphatic heterocycles. The zero-order valence-electron chi connectivity index (χ0n) is 8.11. The predicted octanol–water partition coefficient (Wildman–Crippen LogP) is 0.896. The van der Waals surface area contributed by atoms with Crippen molar-refractivity contribution >= 4 is 11.7 Å². The number of hydrogen-bond acceptors (Lipinski definition) is 3. The molecule has 0 saturated heterocycles. The van der Waals surface area contributed by atoms with Gasteiger partial charge < -0.3 is 11.1 Å². The number of amides is 1. The summed E-state index contributed by atoms with van der Waals surface area (Å²) in [5.74, 6) is -0.150. The smallest absolute Gasteiger partial charge is 0.228 e. The molecule has 0 spiro atoms. The minimum atomic E-state index is -0.418. The van der Waals surface area contributed by atoms with E-state index < -0.39 is 5.82 Å². The number of pyridine rings is 1. The zero-order valence-corrected chi connectivity index (χ0v) is 8.11. The van der Waals surface area contributed by atoms with Crippen molar-refractivity contribution in [2.75, 3.05) is 5.32 Å². The molecule has 4 nitrogen and oxygen atoms in total. The standard InChI is InChI=1S/C10H12FN3O/c11-7-1-2-9(13-5-7)14-10(15)6-3-8(12)4-6/h1-2,5-6,8H,3-4,12H2,(H,13,14,15). The van der Waals surface area contributed by atoms with Crippen LogP contribution in [-0.4, -0.2) is 16.9 Å². The van der Waals surface area contributed by atoms with Crippen molar-refractivity contribution in [2.24, 2.45) is 11.7 Å². The van der Waals surface area contributed by atoms with E-state index in [0.29, 0.717) is 18.7 Å². The van der Waals surface area contributed by atoms with Crippen molar-refractivity contribution < 1.29 is 9.18 Å². The van der Waals surface area contributed by atoms with Gasteiger partial charge in [-0.1, -0.05) is 0 Å². The van der Waals surface area contributed by atoms with Crippen LogP contribution in [0.3, 0.4) is 0 Å². The number of rotatable bonds is 2. The summed E-state index contributed by atoms with van der Waals surface area (Å²) in [4.78, 5) is 15.3. The summed E-state index contributed by atoms with van der Waals surface area (Å²) in [5, 5.41) is 2.62. The van der Waals surface area contributed by atoms with Crippen LogP contribution in [0.5, 0.6) is 0 Å². The topological polar surface area (TPSA) is 68.0 Å². The first-order valence-electron chi connectivity index (χ1n) is 4.83. The van der Waals surface area contributed by atoms with Crippen LogP contribution in [0.1, 0.15) is 12.8 Å². The van der Waals surface area contributed by atoms with Gasteiger partial charge in [-0.2, -0.15) is 0 Å². The van der Waals surface area contributed by atoms with E-state index in [1.165, 1.54) is 12.1 Å². The highest BCUT2D eigenvalue weighted by Crippen LogP contribution is 2.26. The van der Waals surface area contributed by atoms with Gasteiger partial charge in [0.2, 0.25) is 5.91 Å². The maximum atomic E-state index is 12.5. The van der Waals surface area contributed by atoms with Crippen LogP contribution in [0, 0.1) is 11.7 Å². The minimum absolute atomic E-state index is 0.0214. The Morgan fingerprint density at radius 1 is 1.53 bits per heavy atom. The Bertz CT molecular complexity index is 359. The molecular formula is C10H12FN3O. The lowest BCUT2D eigenvalue weighted by atomic mass is 9.80. The molecule has 0 aromatic carbocycles. The van der Waals surface area contributed by atoms with E-state index in [1.807, 2.05) is 0 Å². The fraction of sp³-hybridized carbons (Fsp3) is 0.400. The van der Waals surface area contributed by atoms with Crippen LogP contribution in [0.15, 0.2) is 18.3 Å². The van der Waals surface area contributed by atoms with Crippen LogP contribution in [0.25, 0.3) is 0 Å². The lowest BCUT2D eigenvalue weighted by Crippen LogP contribution is -2.42. The lowest BCUT2D eigenvalue weighted by molar-refractivity contribution is -0.122. The van der Waals surface area contributed by atoms with Gasteiger partial charge >= 0.3 is 0 Å². The van der Waals surface area contributed by atoms with E-state index in [0.717, 1.165) is 6.20 Å². The average Bonchev–Trinajstić information content (AvgIpc) is 2.17. The fourth-order valence-corrected chi connectivity index (χ4v) is 1.55. The number of halogens is 1. The summed E-state index contributed by atoms with van der Waals surface area (Å²) in [6.07, 6.45) is 2.50. The van der Waals surface area contributed by atoms with Gasteiger partial charge in [-0.05, 0) is 25.0 Å². The SMILES string of the molecule is NC1CC(C(=O)Nc2ccc(F)cn2)C1. The monoisotopic (exact) mass is 209 g/mol. The van der Waals surface area contributed by atoms with Crippen molar-refractivity contribution in [1.82, 2.24) is 4.98 Å². The van der Waals surface area contributed by atoms with Crippen molar-refractivity contribution in [3.63, 3.8) is 0 Å². The third-order valence-corrected chi connectivity index (χ3v) is 2.52. The highest BCUT2D eigenvalue weighted by Gasteiger charge is 2.31. The predicted molar refractivity (Wildman–Crippen MR) is 53.5 cm³/mol. The largest absolute Gasteiger partial charge is 0.328 e. The number of nitrogens with two attached hydrogens (primary N) is 1. The maximum Gasteiger partial charge on any atom is 0.228 e. The molecular weight excluding hydrogens is 197 g/mol. The Labute approximate surface area is 86.7 Å². The normalized spacial score (nSPS) is 24.4. The molecule has 15 heavy (non-hydrogen) atoms. The molecule has 2 rings (SSSR count). The van der Waals surface area contributed by atoms with Gasteiger partial charge in [0.25, 0.3) is 0 Å². The first-order chi connectivity index (χ1) is 7.15. The Morgan fingerprint density at radius 3 is 2.80 bits per heavy atom. The molecule has 3 N–H and O–H groups in total. The second-order valence-electron chi connectivity index (χ2n) is 3.78. The molecule has 0 atom stereocenters. The number of nitrogens with zero attached hydrogens (tertiary/aromatic N) is 1. The summed E-state index contributed by atoms with van der Waals surface area (Å²) in [7, 11) is 0. The molecule has 1 amide bonds. The number of carbonyl (C=O) groups excluding carboxylic acids is 1. The Morgan fingerprint density at radius 2 is 2.27 bits per heavy atom. The minimum Gasteiger partial charge on any atom is -0.328 e. The van der Waals surface area contributed by atoms with Gasteiger partial charge in [0, 0.05) is 12.0 Å². The molecule has 1 aliphatic carbocycles. The highest BCUT2D eigenvalue weighted by molar-refractivity contribution is 5.92. The van der Waals surface area contributed by atoms with Gasteiger partial charge in [0.05, 0.1) is 6.20 Å². The van der Waals surface area contributed by atoms with E-state index >= 15 is 0 Å². The third-order valence-electron chi connectivity index (χ3n) is 2.52. The van der Waals surface area contributed by atoms with E-state index in [-0.39, 0.29) is 17.9 Å². The quantitative estimate of drug-likeness (QED) is 0.760. The van der Waals surface area contributed by atoms with Crippen LogP contribution in [0.2, 0.25) is 0 Å². The second-order valence-corrected chi connectivity index (χ2v) is 3.78. The van der Waals surface area contributed by atoms with Crippen molar-refractivity contribution in [1.29, 1.82) is 0 Å². The summed E-state index contributed by atoms with van der Waals surface area (Å²) >= 11 is 0. The molecule has 1 aromatic rings. The van der Waals surface area contributed by atoms with Gasteiger partial charge in [-0.15, -0.1) is 0 Å². The first-order valence-corrected chi connectivity index (χ1v) is 4.83. The number of carbonyl (C=O) groups is 1. The van der Waals surface area contributed by atoms with Crippen molar-refractivity contribution in [3.05, 3.63) is 24.1 Å². The molecule has 1 heterocycles. The molecule has 1 aromatic heterocycles.